The molecular weight excluding hydrogens is 244 g/mol. The number of nitrogens with one attached hydrogen (secondary N) is 1. The molecule has 1 heterocycles. The third kappa shape index (κ3) is 4.86. The molecule has 1 aromatic rings. The van der Waals surface area contributed by atoms with Crippen LogP contribution in [0.4, 0.5) is 10.6 Å². The van der Waals surface area contributed by atoms with Crippen molar-refractivity contribution in [3.63, 3.8) is 0 Å². The summed E-state index contributed by atoms with van der Waals surface area (Å²) in [5, 5.41) is 3.34. The first kappa shape index (κ1) is 13.5. The van der Waals surface area contributed by atoms with Crippen LogP contribution in [0.2, 0.25) is 5.15 Å². The maximum atomic E-state index is 10.3. The van der Waals surface area contributed by atoms with Crippen molar-refractivity contribution in [2.75, 3.05) is 18.5 Å². The predicted octanol–water partition coefficient (Wildman–Crippen LogP) is 1.76. The number of amides is 1. The van der Waals surface area contributed by atoms with Crippen LogP contribution in [0.5, 0.6) is 0 Å². The van der Waals surface area contributed by atoms with E-state index in [0.717, 1.165) is 0 Å². The maximum Gasteiger partial charge on any atom is 0.404 e. The van der Waals surface area contributed by atoms with Crippen molar-refractivity contribution in [2.24, 2.45) is 5.73 Å². The Morgan fingerprint density at radius 1 is 1.59 bits per heavy atom. The van der Waals surface area contributed by atoms with Crippen molar-refractivity contribution >= 4 is 23.5 Å². The first-order chi connectivity index (χ1) is 7.99. The molecule has 0 saturated carbocycles. The van der Waals surface area contributed by atoms with Crippen molar-refractivity contribution in [3.8, 4) is 0 Å². The largest absolute Gasteiger partial charge is 0.448 e. The molecular formula is C10H15ClN4O2. The Balaban J connectivity index is 2.55. The predicted molar refractivity (Wildman–Crippen MR) is 65.2 cm³/mol. The summed E-state index contributed by atoms with van der Waals surface area (Å²) in [6.07, 6.45) is -0.796. The number of halogens is 1. The van der Waals surface area contributed by atoms with Crippen LogP contribution >= 0.6 is 11.6 Å². The van der Waals surface area contributed by atoms with E-state index in [-0.39, 0.29) is 12.5 Å². The molecule has 0 bridgehead atoms. The lowest BCUT2D eigenvalue weighted by Crippen LogP contribution is -2.19. The number of aromatic nitrogens is 2. The normalized spacial score (nSPS) is 10.4. The fourth-order valence-corrected chi connectivity index (χ4v) is 1.30. The summed E-state index contributed by atoms with van der Waals surface area (Å²) in [6.45, 7) is 4.54. The zero-order chi connectivity index (χ0) is 12.8. The van der Waals surface area contributed by atoms with Gasteiger partial charge in [0.15, 0.2) is 0 Å². The van der Waals surface area contributed by atoms with Gasteiger partial charge in [-0.1, -0.05) is 25.4 Å². The van der Waals surface area contributed by atoms with E-state index < -0.39 is 6.09 Å². The molecule has 0 unspecified atom stereocenters. The number of ether oxygens (including phenoxy) is 1. The Bertz CT molecular complexity index is 398. The van der Waals surface area contributed by atoms with Gasteiger partial charge in [-0.05, 0) is 0 Å². The standard InChI is InChI=1S/C10H15ClN4O2/c1-6(2)9-14-7(11)5-8(15-9)13-3-4-17-10(12)16/h5-6H,3-4H2,1-2H3,(H2,12,16)(H,13,14,15). The number of carbonyl (C=O) groups excluding carboxylic acids is 1. The SMILES string of the molecule is CC(C)c1nc(Cl)cc(NCCOC(N)=O)n1. The minimum Gasteiger partial charge on any atom is -0.448 e. The number of primary amides is 1. The third-order valence-electron chi connectivity index (χ3n) is 1.88. The minimum atomic E-state index is -0.796. The smallest absolute Gasteiger partial charge is 0.404 e. The van der Waals surface area contributed by atoms with Crippen molar-refractivity contribution in [2.45, 2.75) is 19.8 Å². The lowest BCUT2D eigenvalue weighted by Gasteiger charge is -2.09. The molecule has 0 fully saturated rings. The van der Waals surface area contributed by atoms with Crippen molar-refractivity contribution in [3.05, 3.63) is 17.0 Å². The number of rotatable bonds is 5. The van der Waals surface area contributed by atoms with Gasteiger partial charge in [0.05, 0.1) is 6.54 Å². The number of anilines is 1. The summed E-state index contributed by atoms with van der Waals surface area (Å²) >= 11 is 5.86. The topological polar surface area (TPSA) is 90.1 Å². The molecule has 0 spiro atoms. The fourth-order valence-electron chi connectivity index (χ4n) is 1.11. The monoisotopic (exact) mass is 258 g/mol. The van der Waals surface area contributed by atoms with Gasteiger partial charge < -0.3 is 15.8 Å². The van der Waals surface area contributed by atoms with Gasteiger partial charge in [0.25, 0.3) is 0 Å². The highest BCUT2D eigenvalue weighted by Gasteiger charge is 2.06. The van der Waals surface area contributed by atoms with Crippen LogP contribution in [0.15, 0.2) is 6.07 Å². The Morgan fingerprint density at radius 3 is 2.88 bits per heavy atom. The molecule has 3 N–H and O–H groups in total. The third-order valence-corrected chi connectivity index (χ3v) is 2.07. The molecule has 1 amide bonds. The first-order valence-corrected chi connectivity index (χ1v) is 5.57. The number of nitrogens with two attached hydrogens (primary N) is 1. The molecule has 0 saturated heterocycles. The second-order valence-corrected chi connectivity index (χ2v) is 4.07. The van der Waals surface area contributed by atoms with E-state index >= 15 is 0 Å². The quantitative estimate of drug-likeness (QED) is 0.620. The molecule has 0 atom stereocenters. The number of hydrogen-bond acceptors (Lipinski definition) is 5. The van der Waals surface area contributed by atoms with E-state index in [1.54, 1.807) is 6.07 Å². The van der Waals surface area contributed by atoms with Crippen molar-refractivity contribution in [1.29, 1.82) is 0 Å². The van der Waals surface area contributed by atoms with Crippen molar-refractivity contribution in [1.82, 2.24) is 9.97 Å². The second-order valence-electron chi connectivity index (χ2n) is 3.68. The zero-order valence-electron chi connectivity index (χ0n) is 9.74. The average molecular weight is 259 g/mol. The highest BCUT2D eigenvalue weighted by molar-refractivity contribution is 6.29. The summed E-state index contributed by atoms with van der Waals surface area (Å²) in [6, 6.07) is 1.61. The van der Waals surface area contributed by atoms with Gasteiger partial charge in [-0.25, -0.2) is 14.8 Å². The van der Waals surface area contributed by atoms with Crippen LogP contribution in [-0.2, 0) is 4.74 Å². The Morgan fingerprint density at radius 2 is 2.29 bits per heavy atom. The highest BCUT2D eigenvalue weighted by Crippen LogP contribution is 2.16. The molecule has 94 valence electrons. The molecule has 0 aliphatic rings. The summed E-state index contributed by atoms with van der Waals surface area (Å²) in [5.41, 5.74) is 4.82. The Hall–Kier alpha value is -1.56. The Kier molecular flexibility index (Phi) is 4.96. The maximum absolute atomic E-state index is 10.3. The molecule has 0 aliphatic heterocycles. The second kappa shape index (κ2) is 6.24. The highest BCUT2D eigenvalue weighted by atomic mass is 35.5. The van der Waals surface area contributed by atoms with Gasteiger partial charge in [0.1, 0.15) is 23.4 Å². The van der Waals surface area contributed by atoms with Gasteiger partial charge in [-0.15, -0.1) is 0 Å². The molecule has 6 nitrogen and oxygen atoms in total. The number of carbonyl (C=O) groups is 1. The number of nitrogens with zero attached hydrogens (tertiary/aromatic N) is 2. The lowest BCUT2D eigenvalue weighted by molar-refractivity contribution is 0.161. The summed E-state index contributed by atoms with van der Waals surface area (Å²) in [5.74, 6) is 1.45. The number of hydrogen-bond donors (Lipinski definition) is 2. The van der Waals surface area contributed by atoms with E-state index in [0.29, 0.717) is 23.3 Å². The van der Waals surface area contributed by atoms with Crippen LogP contribution in [-0.4, -0.2) is 29.2 Å². The summed E-state index contributed by atoms with van der Waals surface area (Å²) < 4.78 is 4.57. The minimum absolute atomic E-state index is 0.175. The van der Waals surface area contributed by atoms with Crippen LogP contribution in [0.25, 0.3) is 0 Å². The van der Waals surface area contributed by atoms with Crippen LogP contribution in [0.3, 0.4) is 0 Å². The van der Waals surface area contributed by atoms with E-state index in [1.165, 1.54) is 0 Å². The summed E-state index contributed by atoms with van der Waals surface area (Å²) in [7, 11) is 0. The molecule has 1 aromatic heterocycles. The fraction of sp³-hybridized carbons (Fsp3) is 0.500. The molecule has 0 aromatic carbocycles. The molecule has 17 heavy (non-hydrogen) atoms. The van der Waals surface area contributed by atoms with Gasteiger partial charge in [0.2, 0.25) is 0 Å². The van der Waals surface area contributed by atoms with Crippen LogP contribution < -0.4 is 11.1 Å². The van der Waals surface area contributed by atoms with E-state index in [9.17, 15) is 4.79 Å². The first-order valence-electron chi connectivity index (χ1n) is 5.19. The van der Waals surface area contributed by atoms with Gasteiger partial charge >= 0.3 is 6.09 Å². The molecule has 1 rings (SSSR count). The molecule has 0 radical (unpaired) electrons. The Labute approximate surface area is 105 Å². The van der Waals surface area contributed by atoms with Crippen LogP contribution in [0, 0.1) is 0 Å². The lowest BCUT2D eigenvalue weighted by atomic mass is 10.2. The van der Waals surface area contributed by atoms with Gasteiger partial charge in [-0.2, -0.15) is 0 Å². The van der Waals surface area contributed by atoms with Gasteiger partial charge in [0, 0.05) is 12.0 Å². The zero-order valence-corrected chi connectivity index (χ0v) is 10.5. The van der Waals surface area contributed by atoms with E-state index in [4.69, 9.17) is 17.3 Å². The molecule has 7 heteroatoms. The van der Waals surface area contributed by atoms with Crippen molar-refractivity contribution < 1.29 is 9.53 Å². The average Bonchev–Trinajstić information content (AvgIpc) is 2.23. The van der Waals surface area contributed by atoms with Crippen LogP contribution in [0.1, 0.15) is 25.6 Å². The van der Waals surface area contributed by atoms with Gasteiger partial charge in [-0.3, -0.25) is 0 Å². The van der Waals surface area contributed by atoms with E-state index in [1.807, 2.05) is 13.8 Å². The van der Waals surface area contributed by atoms with E-state index in [2.05, 4.69) is 20.0 Å². The summed E-state index contributed by atoms with van der Waals surface area (Å²) in [4.78, 5) is 18.7. The molecule has 0 aliphatic carbocycles.